The van der Waals surface area contributed by atoms with Gasteiger partial charge in [-0.2, -0.15) is 0 Å². The summed E-state index contributed by atoms with van der Waals surface area (Å²) >= 11 is 0. The molecule has 3 fully saturated rings. The Kier molecular flexibility index (Phi) is 4.33. The van der Waals surface area contributed by atoms with Crippen LogP contribution in [0.3, 0.4) is 0 Å². The summed E-state index contributed by atoms with van der Waals surface area (Å²) in [5.41, 5.74) is 6.52. The van der Waals surface area contributed by atoms with Crippen molar-refractivity contribution in [2.75, 3.05) is 33.3 Å². The number of likely N-dealkylation sites (tertiary alicyclic amines) is 2. The summed E-state index contributed by atoms with van der Waals surface area (Å²) in [7, 11) is 2.19. The molecular formula is C18H25F2N3O. The summed E-state index contributed by atoms with van der Waals surface area (Å²) in [4.78, 5) is 4.92. The second kappa shape index (κ2) is 6.33. The Morgan fingerprint density at radius 2 is 2.08 bits per heavy atom. The first-order chi connectivity index (χ1) is 11.5. The van der Waals surface area contributed by atoms with Crippen molar-refractivity contribution in [1.82, 2.24) is 9.80 Å². The SMILES string of the molecule is CN1CCC2CN(C3COC(c4cc(F)ccc4F)C(N)C3)CC21. The molecule has 3 aliphatic heterocycles. The Bertz CT molecular complexity index is 614. The fourth-order valence-electron chi connectivity index (χ4n) is 4.65. The number of likely N-dealkylation sites (N-methyl/N-ethyl adjacent to an activating group) is 1. The van der Waals surface area contributed by atoms with Crippen molar-refractivity contribution in [3.05, 3.63) is 35.4 Å². The van der Waals surface area contributed by atoms with Crippen LogP contribution in [0.2, 0.25) is 0 Å². The van der Waals surface area contributed by atoms with E-state index in [1.165, 1.54) is 19.0 Å². The lowest BCUT2D eigenvalue weighted by Gasteiger charge is -2.39. The minimum atomic E-state index is -0.568. The Hall–Kier alpha value is -1.08. The molecule has 0 radical (unpaired) electrons. The van der Waals surface area contributed by atoms with Crippen LogP contribution >= 0.6 is 0 Å². The van der Waals surface area contributed by atoms with Gasteiger partial charge in [-0.15, -0.1) is 0 Å². The van der Waals surface area contributed by atoms with Crippen LogP contribution in [0, 0.1) is 17.6 Å². The average molecular weight is 337 g/mol. The number of halogens is 2. The lowest BCUT2D eigenvalue weighted by atomic mass is 9.93. The molecule has 0 saturated carbocycles. The van der Waals surface area contributed by atoms with Crippen LogP contribution in [0.25, 0.3) is 0 Å². The predicted molar refractivity (Wildman–Crippen MR) is 87.5 cm³/mol. The predicted octanol–water partition coefficient (Wildman–Crippen LogP) is 1.76. The minimum Gasteiger partial charge on any atom is -0.370 e. The van der Waals surface area contributed by atoms with E-state index in [2.05, 4.69) is 16.8 Å². The molecule has 0 aliphatic carbocycles. The van der Waals surface area contributed by atoms with Crippen molar-refractivity contribution in [1.29, 1.82) is 0 Å². The number of nitrogens with zero attached hydrogens (tertiary/aromatic N) is 2. The van der Waals surface area contributed by atoms with E-state index in [0.29, 0.717) is 12.6 Å². The average Bonchev–Trinajstić information content (AvgIpc) is 3.12. The van der Waals surface area contributed by atoms with Crippen LogP contribution in [0.1, 0.15) is 24.5 Å². The van der Waals surface area contributed by atoms with Crippen LogP contribution in [0.5, 0.6) is 0 Å². The number of benzene rings is 1. The van der Waals surface area contributed by atoms with Crippen molar-refractivity contribution >= 4 is 0 Å². The number of hydrogen-bond acceptors (Lipinski definition) is 4. The van der Waals surface area contributed by atoms with Gasteiger partial charge in [0.25, 0.3) is 0 Å². The number of hydrogen-bond donors (Lipinski definition) is 1. The molecule has 3 aliphatic rings. The van der Waals surface area contributed by atoms with E-state index in [9.17, 15) is 8.78 Å². The lowest BCUT2D eigenvalue weighted by Crippen LogP contribution is -2.49. The van der Waals surface area contributed by atoms with Crippen LogP contribution in [-0.2, 0) is 4.74 Å². The maximum Gasteiger partial charge on any atom is 0.129 e. The zero-order valence-electron chi connectivity index (χ0n) is 14.0. The first-order valence-corrected chi connectivity index (χ1v) is 8.79. The Morgan fingerprint density at radius 3 is 2.83 bits per heavy atom. The van der Waals surface area contributed by atoms with Gasteiger partial charge in [0.2, 0.25) is 0 Å². The van der Waals surface area contributed by atoms with Crippen molar-refractivity contribution < 1.29 is 13.5 Å². The molecule has 4 nitrogen and oxygen atoms in total. The summed E-state index contributed by atoms with van der Waals surface area (Å²) in [6.07, 6.45) is 1.44. The first-order valence-electron chi connectivity index (χ1n) is 8.79. The topological polar surface area (TPSA) is 41.7 Å². The van der Waals surface area contributed by atoms with Gasteiger partial charge in [0.05, 0.1) is 6.61 Å². The van der Waals surface area contributed by atoms with Gasteiger partial charge in [0.15, 0.2) is 0 Å². The largest absolute Gasteiger partial charge is 0.370 e. The van der Waals surface area contributed by atoms with Crippen LogP contribution in [0.15, 0.2) is 18.2 Å². The highest BCUT2D eigenvalue weighted by Gasteiger charge is 2.43. The Balaban J connectivity index is 1.43. The second-order valence-electron chi connectivity index (χ2n) is 7.52. The molecule has 5 atom stereocenters. The number of fused-ring (bicyclic) bond motifs is 1. The molecule has 6 heteroatoms. The zero-order valence-corrected chi connectivity index (χ0v) is 14.0. The van der Waals surface area contributed by atoms with Gasteiger partial charge < -0.3 is 15.4 Å². The van der Waals surface area contributed by atoms with Crippen LogP contribution in [0.4, 0.5) is 8.78 Å². The fourth-order valence-corrected chi connectivity index (χ4v) is 4.65. The molecule has 0 aromatic heterocycles. The lowest BCUT2D eigenvalue weighted by molar-refractivity contribution is -0.0488. The summed E-state index contributed by atoms with van der Waals surface area (Å²) in [6.45, 7) is 3.86. The highest BCUT2D eigenvalue weighted by atomic mass is 19.1. The van der Waals surface area contributed by atoms with Crippen molar-refractivity contribution in [3.8, 4) is 0 Å². The molecule has 0 amide bonds. The van der Waals surface area contributed by atoms with Gasteiger partial charge in [-0.25, -0.2) is 8.78 Å². The molecule has 2 N–H and O–H groups in total. The van der Waals surface area contributed by atoms with E-state index >= 15 is 0 Å². The molecule has 0 bridgehead atoms. The highest BCUT2D eigenvalue weighted by molar-refractivity contribution is 5.23. The Labute approximate surface area is 141 Å². The van der Waals surface area contributed by atoms with Crippen LogP contribution in [-0.4, -0.2) is 61.2 Å². The van der Waals surface area contributed by atoms with Gasteiger partial charge in [0.1, 0.15) is 17.7 Å². The maximum atomic E-state index is 14.0. The smallest absolute Gasteiger partial charge is 0.129 e. The summed E-state index contributed by atoms with van der Waals surface area (Å²) in [5.74, 6) is -0.169. The summed E-state index contributed by atoms with van der Waals surface area (Å²) < 4.78 is 33.3. The molecule has 5 unspecified atom stereocenters. The third kappa shape index (κ3) is 2.86. The normalized spacial score (nSPS) is 37.8. The zero-order chi connectivity index (χ0) is 16.8. The molecule has 1 aromatic carbocycles. The van der Waals surface area contributed by atoms with Crippen molar-refractivity contribution in [3.63, 3.8) is 0 Å². The third-order valence-electron chi connectivity index (χ3n) is 6.04. The fraction of sp³-hybridized carbons (Fsp3) is 0.667. The minimum absolute atomic E-state index is 0.235. The summed E-state index contributed by atoms with van der Waals surface area (Å²) in [5, 5.41) is 0. The van der Waals surface area contributed by atoms with Crippen molar-refractivity contribution in [2.45, 2.75) is 37.1 Å². The third-order valence-corrected chi connectivity index (χ3v) is 6.04. The van der Waals surface area contributed by atoms with E-state index in [0.717, 1.165) is 37.6 Å². The molecule has 24 heavy (non-hydrogen) atoms. The molecule has 132 valence electrons. The van der Waals surface area contributed by atoms with E-state index < -0.39 is 17.7 Å². The molecule has 3 heterocycles. The molecule has 1 aromatic rings. The van der Waals surface area contributed by atoms with E-state index in [1.54, 1.807) is 0 Å². The van der Waals surface area contributed by atoms with Crippen LogP contribution < -0.4 is 5.73 Å². The maximum absolute atomic E-state index is 14.0. The van der Waals surface area contributed by atoms with Crippen molar-refractivity contribution in [2.24, 2.45) is 11.7 Å². The second-order valence-corrected chi connectivity index (χ2v) is 7.52. The van der Waals surface area contributed by atoms with Gasteiger partial charge in [0, 0.05) is 36.8 Å². The molecule has 3 saturated heterocycles. The molecule has 0 spiro atoms. The highest BCUT2D eigenvalue weighted by Crippen LogP contribution is 2.36. The number of rotatable bonds is 2. The van der Waals surface area contributed by atoms with Gasteiger partial charge >= 0.3 is 0 Å². The molecular weight excluding hydrogens is 312 g/mol. The Morgan fingerprint density at radius 1 is 1.25 bits per heavy atom. The van der Waals surface area contributed by atoms with Gasteiger partial charge in [-0.1, -0.05) is 0 Å². The van der Waals surface area contributed by atoms with E-state index in [-0.39, 0.29) is 17.6 Å². The van der Waals surface area contributed by atoms with E-state index in [1.807, 2.05) is 0 Å². The molecule has 4 rings (SSSR count). The number of nitrogens with two attached hydrogens (primary N) is 1. The number of ether oxygens (including phenoxy) is 1. The van der Waals surface area contributed by atoms with E-state index in [4.69, 9.17) is 10.5 Å². The standard InChI is InChI=1S/C18H25F2N3O/c1-22-5-4-11-8-23(9-17(11)22)13-7-16(21)18(24-10-13)14-6-12(19)2-3-15(14)20/h2-3,6,11,13,16-18H,4-5,7-10,21H2,1H3. The van der Waals surface area contributed by atoms with Gasteiger partial charge in [-0.3, -0.25) is 4.90 Å². The van der Waals surface area contributed by atoms with Gasteiger partial charge in [-0.05, 0) is 50.6 Å². The monoisotopic (exact) mass is 337 g/mol. The quantitative estimate of drug-likeness (QED) is 0.893. The first kappa shape index (κ1) is 16.4. The summed E-state index contributed by atoms with van der Waals surface area (Å²) in [6, 6.07) is 4.06.